The molecule has 2 aromatic rings. The highest BCUT2D eigenvalue weighted by Gasteiger charge is 2.30. The van der Waals surface area contributed by atoms with Crippen molar-refractivity contribution in [2.75, 3.05) is 5.73 Å². The van der Waals surface area contributed by atoms with E-state index in [1.165, 1.54) is 6.07 Å². The van der Waals surface area contributed by atoms with E-state index in [2.05, 4.69) is 4.98 Å². The van der Waals surface area contributed by atoms with Crippen LogP contribution in [0.1, 0.15) is 11.3 Å². The molecule has 0 aliphatic carbocycles. The van der Waals surface area contributed by atoms with Gasteiger partial charge in [0.05, 0.1) is 11.1 Å². The average molecular weight is 226 g/mol. The van der Waals surface area contributed by atoms with Gasteiger partial charge in [0.2, 0.25) is 0 Å². The molecule has 0 bridgehead atoms. The average Bonchev–Trinajstić information content (AvgIpc) is 2.15. The lowest BCUT2D eigenvalue weighted by atomic mass is 10.1. The van der Waals surface area contributed by atoms with Crippen molar-refractivity contribution in [3.05, 3.63) is 35.5 Å². The van der Waals surface area contributed by atoms with Crippen LogP contribution in [0.4, 0.5) is 18.9 Å². The Bertz CT molecular complexity index is 547. The number of nitrogen functional groups attached to an aromatic ring is 1. The highest BCUT2D eigenvalue weighted by Crippen LogP contribution is 2.32. The molecule has 0 aliphatic rings. The fraction of sp³-hybridized carbons (Fsp3) is 0.182. The topological polar surface area (TPSA) is 38.9 Å². The summed E-state index contributed by atoms with van der Waals surface area (Å²) >= 11 is 0. The summed E-state index contributed by atoms with van der Waals surface area (Å²) in [6.45, 7) is 1.69. The van der Waals surface area contributed by atoms with E-state index in [4.69, 9.17) is 5.73 Å². The summed E-state index contributed by atoms with van der Waals surface area (Å²) in [4.78, 5) is 4.03. The first-order chi connectivity index (χ1) is 7.38. The normalized spacial score (nSPS) is 12.0. The Morgan fingerprint density at radius 3 is 2.50 bits per heavy atom. The lowest BCUT2D eigenvalue weighted by Gasteiger charge is -2.09. The third kappa shape index (κ3) is 1.80. The Morgan fingerprint density at radius 1 is 1.19 bits per heavy atom. The third-order valence-electron chi connectivity index (χ3n) is 2.30. The van der Waals surface area contributed by atoms with E-state index in [1.54, 1.807) is 13.0 Å². The van der Waals surface area contributed by atoms with E-state index in [0.29, 0.717) is 16.8 Å². The minimum absolute atomic E-state index is 0.271. The Balaban J connectivity index is 2.71. The molecule has 0 fully saturated rings. The van der Waals surface area contributed by atoms with Gasteiger partial charge >= 0.3 is 6.18 Å². The second-order valence-electron chi connectivity index (χ2n) is 3.58. The number of pyridine rings is 1. The van der Waals surface area contributed by atoms with Gasteiger partial charge in [-0.25, -0.2) is 0 Å². The quantitative estimate of drug-likeness (QED) is 0.749. The number of benzene rings is 1. The molecule has 0 saturated carbocycles. The van der Waals surface area contributed by atoms with Crippen LogP contribution in [0.2, 0.25) is 0 Å². The van der Waals surface area contributed by atoms with Crippen LogP contribution in [0.3, 0.4) is 0 Å². The molecule has 16 heavy (non-hydrogen) atoms. The summed E-state index contributed by atoms with van der Waals surface area (Å²) in [5.74, 6) is 0. The molecule has 0 unspecified atom stereocenters. The summed E-state index contributed by atoms with van der Waals surface area (Å²) < 4.78 is 37.4. The molecule has 0 atom stereocenters. The fourth-order valence-electron chi connectivity index (χ4n) is 1.57. The van der Waals surface area contributed by atoms with E-state index in [9.17, 15) is 13.2 Å². The van der Waals surface area contributed by atoms with Crippen molar-refractivity contribution >= 4 is 16.6 Å². The maximum absolute atomic E-state index is 12.5. The molecule has 84 valence electrons. The van der Waals surface area contributed by atoms with Crippen LogP contribution >= 0.6 is 0 Å². The number of hydrogen-bond acceptors (Lipinski definition) is 2. The number of halogens is 3. The molecule has 1 aromatic heterocycles. The monoisotopic (exact) mass is 226 g/mol. The molecule has 0 radical (unpaired) electrons. The standard InChI is InChI=1S/C11H9F3N2/c1-6-4-9(15)8-3-2-7(11(12,13)14)5-10(8)16-6/h2-5H,1H3,(H2,15,16). The number of rotatable bonds is 0. The van der Waals surface area contributed by atoms with Crippen molar-refractivity contribution in [1.82, 2.24) is 4.98 Å². The maximum Gasteiger partial charge on any atom is 0.416 e. The lowest BCUT2D eigenvalue weighted by molar-refractivity contribution is -0.137. The first kappa shape index (κ1) is 10.7. The minimum Gasteiger partial charge on any atom is -0.398 e. The maximum atomic E-state index is 12.5. The van der Waals surface area contributed by atoms with E-state index >= 15 is 0 Å². The third-order valence-corrected chi connectivity index (χ3v) is 2.30. The predicted molar refractivity (Wildman–Crippen MR) is 55.9 cm³/mol. The van der Waals surface area contributed by atoms with Gasteiger partial charge in [0, 0.05) is 16.8 Å². The fourth-order valence-corrected chi connectivity index (χ4v) is 1.57. The summed E-state index contributed by atoms with van der Waals surface area (Å²) in [5.41, 5.74) is 6.30. The Hall–Kier alpha value is -1.78. The van der Waals surface area contributed by atoms with E-state index in [0.717, 1.165) is 12.1 Å². The van der Waals surface area contributed by atoms with Gasteiger partial charge < -0.3 is 5.73 Å². The highest BCUT2D eigenvalue weighted by molar-refractivity contribution is 5.90. The summed E-state index contributed by atoms with van der Waals surface area (Å²) in [5, 5.41) is 0.540. The minimum atomic E-state index is -4.35. The summed E-state index contributed by atoms with van der Waals surface area (Å²) in [7, 11) is 0. The van der Waals surface area contributed by atoms with Crippen molar-refractivity contribution < 1.29 is 13.2 Å². The predicted octanol–water partition coefficient (Wildman–Crippen LogP) is 3.14. The SMILES string of the molecule is Cc1cc(N)c2ccc(C(F)(F)F)cc2n1. The van der Waals surface area contributed by atoms with Crippen molar-refractivity contribution in [1.29, 1.82) is 0 Å². The Kier molecular flexibility index (Phi) is 2.26. The van der Waals surface area contributed by atoms with Gasteiger partial charge in [-0.05, 0) is 25.1 Å². The molecule has 2 rings (SSSR count). The van der Waals surface area contributed by atoms with Crippen LogP contribution < -0.4 is 5.73 Å². The van der Waals surface area contributed by atoms with Gasteiger partial charge in [-0.3, -0.25) is 4.98 Å². The second kappa shape index (κ2) is 3.37. The Labute approximate surface area is 89.9 Å². The summed E-state index contributed by atoms with van der Waals surface area (Å²) in [6.07, 6.45) is -4.35. The van der Waals surface area contributed by atoms with Gasteiger partial charge in [-0.15, -0.1) is 0 Å². The van der Waals surface area contributed by atoms with Crippen LogP contribution in [0, 0.1) is 6.92 Å². The largest absolute Gasteiger partial charge is 0.416 e. The molecular weight excluding hydrogens is 217 g/mol. The van der Waals surface area contributed by atoms with Gasteiger partial charge in [0.1, 0.15) is 0 Å². The van der Waals surface area contributed by atoms with E-state index in [-0.39, 0.29) is 5.52 Å². The number of aromatic nitrogens is 1. The lowest BCUT2D eigenvalue weighted by Crippen LogP contribution is -2.05. The first-order valence-corrected chi connectivity index (χ1v) is 4.62. The van der Waals surface area contributed by atoms with Gasteiger partial charge in [0.15, 0.2) is 0 Å². The molecule has 0 spiro atoms. The van der Waals surface area contributed by atoms with Crippen LogP contribution in [-0.2, 0) is 6.18 Å². The van der Waals surface area contributed by atoms with Gasteiger partial charge in [-0.2, -0.15) is 13.2 Å². The van der Waals surface area contributed by atoms with Crippen LogP contribution in [0.15, 0.2) is 24.3 Å². The number of nitrogens with zero attached hydrogens (tertiary/aromatic N) is 1. The van der Waals surface area contributed by atoms with Crippen LogP contribution in [0.5, 0.6) is 0 Å². The Morgan fingerprint density at radius 2 is 1.88 bits per heavy atom. The van der Waals surface area contributed by atoms with Crippen LogP contribution in [-0.4, -0.2) is 4.98 Å². The molecule has 0 amide bonds. The number of anilines is 1. The second-order valence-corrected chi connectivity index (χ2v) is 3.58. The number of fused-ring (bicyclic) bond motifs is 1. The van der Waals surface area contributed by atoms with Crippen molar-refractivity contribution in [2.24, 2.45) is 0 Å². The number of hydrogen-bond donors (Lipinski definition) is 1. The molecule has 5 heteroatoms. The van der Waals surface area contributed by atoms with Crippen molar-refractivity contribution in [3.63, 3.8) is 0 Å². The zero-order valence-corrected chi connectivity index (χ0v) is 8.47. The molecule has 2 nitrogen and oxygen atoms in total. The number of nitrogens with two attached hydrogens (primary N) is 1. The van der Waals surface area contributed by atoms with Crippen molar-refractivity contribution in [3.8, 4) is 0 Å². The molecule has 2 N–H and O–H groups in total. The van der Waals surface area contributed by atoms with Gasteiger partial charge in [-0.1, -0.05) is 6.07 Å². The molecule has 0 saturated heterocycles. The number of alkyl halides is 3. The first-order valence-electron chi connectivity index (χ1n) is 4.62. The highest BCUT2D eigenvalue weighted by atomic mass is 19.4. The van der Waals surface area contributed by atoms with E-state index < -0.39 is 11.7 Å². The molecule has 1 heterocycles. The molecular formula is C11H9F3N2. The van der Waals surface area contributed by atoms with Crippen molar-refractivity contribution in [2.45, 2.75) is 13.1 Å². The molecule has 0 aliphatic heterocycles. The zero-order chi connectivity index (χ0) is 11.9. The number of aryl methyl sites for hydroxylation is 1. The van der Waals surface area contributed by atoms with E-state index in [1.807, 2.05) is 0 Å². The summed E-state index contributed by atoms with van der Waals surface area (Å²) in [6, 6.07) is 5.00. The van der Waals surface area contributed by atoms with Crippen LogP contribution in [0.25, 0.3) is 10.9 Å². The molecule has 1 aromatic carbocycles. The smallest absolute Gasteiger partial charge is 0.398 e. The zero-order valence-electron chi connectivity index (χ0n) is 8.47. The van der Waals surface area contributed by atoms with Gasteiger partial charge in [0.25, 0.3) is 0 Å².